The van der Waals surface area contributed by atoms with Crippen molar-refractivity contribution in [3.05, 3.63) is 109 Å². The van der Waals surface area contributed by atoms with E-state index in [1.165, 1.54) is 48.5 Å². The van der Waals surface area contributed by atoms with Crippen LogP contribution in [0, 0.1) is 0 Å². The van der Waals surface area contributed by atoms with Gasteiger partial charge in [0.1, 0.15) is 0 Å². The molecule has 0 radical (unpaired) electrons. The fourth-order valence-electron chi connectivity index (χ4n) is 3.24. The van der Waals surface area contributed by atoms with Crippen LogP contribution in [-0.2, 0) is 20.0 Å². The fourth-order valence-corrected chi connectivity index (χ4v) is 5.45. The van der Waals surface area contributed by atoms with Crippen LogP contribution < -0.4 is 20.1 Å². The van der Waals surface area contributed by atoms with E-state index >= 15 is 0 Å². The highest BCUT2D eigenvalue weighted by Gasteiger charge is 2.18. The number of sulfonamides is 2. The van der Waals surface area contributed by atoms with Crippen LogP contribution in [0.15, 0.2) is 119 Å². The Balaban J connectivity index is 1.51. The van der Waals surface area contributed by atoms with Gasteiger partial charge in [-0.1, -0.05) is 60.7 Å². The number of amides is 2. The van der Waals surface area contributed by atoms with Crippen LogP contribution in [0.5, 0.6) is 0 Å². The lowest BCUT2D eigenvalue weighted by Crippen LogP contribution is -2.22. The Hall–Kier alpha value is -4.35. The number of benzene rings is 4. The molecule has 0 fully saturated rings. The molecule has 0 aliphatic heterocycles. The highest BCUT2D eigenvalue weighted by Crippen LogP contribution is 2.27. The minimum Gasteiger partial charge on any atom is -0.306 e. The van der Waals surface area contributed by atoms with Crippen LogP contribution in [0.3, 0.4) is 0 Å². The molecule has 4 aromatic carbocycles. The highest BCUT2D eigenvalue weighted by molar-refractivity contribution is 7.93. The van der Waals surface area contributed by atoms with Gasteiger partial charge in [-0.25, -0.2) is 21.6 Å². The highest BCUT2D eigenvalue weighted by atomic mass is 32.2. The third-order valence-corrected chi connectivity index (χ3v) is 7.71. The van der Waals surface area contributed by atoms with Crippen molar-refractivity contribution in [1.29, 1.82) is 0 Å². The second-order valence-corrected chi connectivity index (χ2v) is 10.9. The van der Waals surface area contributed by atoms with Gasteiger partial charge in [0.05, 0.1) is 32.5 Å². The quantitative estimate of drug-likeness (QED) is 0.260. The number of hydrogen-bond donors (Lipinski definition) is 4. The standard InChI is InChI=1S/C25H22N4O5S2/c30-25(26-21-15-7-9-17-23(21)28-35(31,32)19-11-3-1-4-12-19)27-22-16-8-10-18-24(22)29-36(33,34)20-13-5-2-6-14-20/h1-18,28-29H,(H2,26,27,30). The number of carbonyl (C=O) groups excluding carboxylic acids is 1. The molecular weight excluding hydrogens is 500 g/mol. The van der Waals surface area contributed by atoms with Crippen molar-refractivity contribution in [2.45, 2.75) is 9.79 Å². The first kappa shape index (κ1) is 24.8. The first-order valence-electron chi connectivity index (χ1n) is 10.7. The van der Waals surface area contributed by atoms with E-state index in [2.05, 4.69) is 20.1 Å². The van der Waals surface area contributed by atoms with Crippen molar-refractivity contribution in [3.63, 3.8) is 0 Å². The molecule has 9 nitrogen and oxygen atoms in total. The van der Waals surface area contributed by atoms with Gasteiger partial charge in [-0.05, 0) is 48.5 Å². The molecule has 0 aliphatic rings. The summed E-state index contributed by atoms with van der Waals surface area (Å²) in [7, 11) is -7.76. The predicted molar refractivity (Wildman–Crippen MR) is 140 cm³/mol. The molecule has 0 heterocycles. The zero-order valence-electron chi connectivity index (χ0n) is 18.8. The molecule has 184 valence electrons. The minimum atomic E-state index is -3.88. The molecule has 36 heavy (non-hydrogen) atoms. The first-order valence-corrected chi connectivity index (χ1v) is 13.6. The predicted octanol–water partition coefficient (Wildman–Crippen LogP) is 4.93. The summed E-state index contributed by atoms with van der Waals surface area (Å²) in [5.74, 6) is 0. The lowest BCUT2D eigenvalue weighted by atomic mass is 10.2. The summed E-state index contributed by atoms with van der Waals surface area (Å²) >= 11 is 0. The maximum atomic E-state index is 12.8. The molecule has 2 amide bonds. The van der Waals surface area contributed by atoms with Gasteiger partial charge in [-0.15, -0.1) is 0 Å². The topological polar surface area (TPSA) is 133 Å². The Morgan fingerprint density at radius 3 is 1.11 bits per heavy atom. The Morgan fingerprint density at radius 2 is 0.750 bits per heavy atom. The Bertz CT molecular complexity index is 1460. The van der Waals surface area contributed by atoms with Crippen molar-refractivity contribution < 1.29 is 21.6 Å². The molecule has 0 atom stereocenters. The average molecular weight is 523 g/mol. The van der Waals surface area contributed by atoms with E-state index in [0.717, 1.165) is 0 Å². The van der Waals surface area contributed by atoms with Gasteiger partial charge in [-0.2, -0.15) is 0 Å². The molecule has 0 saturated carbocycles. The normalized spacial score (nSPS) is 11.3. The molecule has 4 N–H and O–H groups in total. The van der Waals surface area contributed by atoms with Crippen molar-refractivity contribution >= 4 is 48.8 Å². The zero-order valence-corrected chi connectivity index (χ0v) is 20.4. The van der Waals surface area contributed by atoms with Crippen molar-refractivity contribution in [2.24, 2.45) is 0 Å². The number of carbonyl (C=O) groups is 1. The van der Waals surface area contributed by atoms with E-state index in [1.54, 1.807) is 60.7 Å². The van der Waals surface area contributed by atoms with Gasteiger partial charge in [0, 0.05) is 0 Å². The molecule has 0 bridgehead atoms. The first-order chi connectivity index (χ1) is 17.2. The third-order valence-electron chi connectivity index (χ3n) is 4.95. The van der Waals surface area contributed by atoms with Gasteiger partial charge in [0.15, 0.2) is 0 Å². The van der Waals surface area contributed by atoms with E-state index in [1.807, 2.05) is 0 Å². The number of nitrogens with one attached hydrogen (secondary N) is 4. The van der Waals surface area contributed by atoms with Crippen LogP contribution >= 0.6 is 0 Å². The average Bonchev–Trinajstić information content (AvgIpc) is 2.87. The van der Waals surface area contributed by atoms with Crippen molar-refractivity contribution in [1.82, 2.24) is 0 Å². The molecule has 0 saturated heterocycles. The van der Waals surface area contributed by atoms with Crippen LogP contribution in [0.25, 0.3) is 0 Å². The minimum absolute atomic E-state index is 0.0730. The number of urea groups is 1. The van der Waals surface area contributed by atoms with Crippen molar-refractivity contribution in [2.75, 3.05) is 20.1 Å². The summed E-state index contributed by atoms with van der Waals surface area (Å²) in [4.78, 5) is 12.9. The van der Waals surface area contributed by atoms with Crippen molar-refractivity contribution in [3.8, 4) is 0 Å². The van der Waals surface area contributed by atoms with Gasteiger partial charge in [0.2, 0.25) is 0 Å². The largest absolute Gasteiger partial charge is 0.323 e. The number of anilines is 4. The third kappa shape index (κ3) is 6.01. The van der Waals surface area contributed by atoms with E-state index in [-0.39, 0.29) is 32.5 Å². The fraction of sp³-hybridized carbons (Fsp3) is 0. The summed E-state index contributed by atoms with van der Waals surface area (Å²) in [6.45, 7) is 0. The number of hydrogen-bond acceptors (Lipinski definition) is 5. The second-order valence-electron chi connectivity index (χ2n) is 7.51. The Labute approximate surface area is 209 Å². The number of rotatable bonds is 8. The molecule has 11 heteroatoms. The molecule has 0 unspecified atom stereocenters. The Morgan fingerprint density at radius 1 is 0.444 bits per heavy atom. The summed E-state index contributed by atoms with van der Waals surface area (Å²) in [5, 5.41) is 5.20. The van der Waals surface area contributed by atoms with Crippen LogP contribution in [0.2, 0.25) is 0 Å². The van der Waals surface area contributed by atoms with Crippen LogP contribution in [0.4, 0.5) is 27.5 Å². The lowest BCUT2D eigenvalue weighted by molar-refractivity contribution is 0.262. The Kier molecular flexibility index (Phi) is 7.23. The lowest BCUT2D eigenvalue weighted by Gasteiger charge is -2.16. The summed E-state index contributed by atoms with van der Waals surface area (Å²) in [6.07, 6.45) is 0. The molecule has 0 aliphatic carbocycles. The molecule has 0 spiro atoms. The molecule has 0 aromatic heterocycles. The monoisotopic (exact) mass is 522 g/mol. The zero-order chi connectivity index (χ0) is 25.6. The SMILES string of the molecule is O=C(Nc1ccccc1NS(=O)(=O)c1ccccc1)Nc1ccccc1NS(=O)(=O)c1ccccc1. The molecule has 4 aromatic rings. The van der Waals surface area contributed by atoms with E-state index < -0.39 is 26.1 Å². The van der Waals surface area contributed by atoms with Crippen LogP contribution in [0.1, 0.15) is 0 Å². The van der Waals surface area contributed by atoms with E-state index in [9.17, 15) is 21.6 Å². The van der Waals surface area contributed by atoms with Gasteiger partial charge < -0.3 is 10.6 Å². The van der Waals surface area contributed by atoms with Crippen LogP contribution in [-0.4, -0.2) is 22.9 Å². The summed E-state index contributed by atoms with van der Waals surface area (Å²) in [5.41, 5.74) is 0.734. The molecular formula is C25H22N4O5S2. The number of para-hydroxylation sites is 4. The van der Waals surface area contributed by atoms with E-state index in [4.69, 9.17) is 0 Å². The van der Waals surface area contributed by atoms with Gasteiger partial charge in [-0.3, -0.25) is 9.44 Å². The smallest absolute Gasteiger partial charge is 0.306 e. The maximum Gasteiger partial charge on any atom is 0.323 e. The summed E-state index contributed by atoms with van der Waals surface area (Å²) in [6, 6.07) is 27.6. The summed E-state index contributed by atoms with van der Waals surface area (Å²) < 4.78 is 55.8. The van der Waals surface area contributed by atoms with Gasteiger partial charge in [0.25, 0.3) is 20.0 Å². The second kappa shape index (κ2) is 10.5. The van der Waals surface area contributed by atoms with Gasteiger partial charge >= 0.3 is 6.03 Å². The van der Waals surface area contributed by atoms with E-state index in [0.29, 0.717) is 0 Å². The molecule has 4 rings (SSSR count). The maximum absolute atomic E-state index is 12.8.